The van der Waals surface area contributed by atoms with Crippen molar-refractivity contribution in [3.8, 4) is 0 Å². The van der Waals surface area contributed by atoms with Crippen LogP contribution in [-0.4, -0.2) is 87.2 Å². The van der Waals surface area contributed by atoms with Gasteiger partial charge in [0, 0.05) is 67.8 Å². The van der Waals surface area contributed by atoms with Gasteiger partial charge in [-0.3, -0.25) is 0 Å². The van der Waals surface area contributed by atoms with Gasteiger partial charge in [0.15, 0.2) is 5.82 Å². The fourth-order valence-electron chi connectivity index (χ4n) is 5.84. The Morgan fingerprint density at radius 1 is 1.07 bits per heavy atom. The summed E-state index contributed by atoms with van der Waals surface area (Å²) in [6.45, 7) is 4.91. The van der Waals surface area contributed by atoms with Crippen molar-refractivity contribution in [2.45, 2.75) is 60.3 Å². The third-order valence-corrected chi connectivity index (χ3v) is 10.2. The first kappa shape index (κ1) is 31.9. The van der Waals surface area contributed by atoms with Crippen LogP contribution in [0.4, 0.5) is 27.8 Å². The maximum Gasteiger partial charge on any atom is 0.227 e. The maximum atomic E-state index is 14.4. The van der Waals surface area contributed by atoms with Crippen LogP contribution in [-0.2, 0) is 4.74 Å². The number of aromatic nitrogens is 5. The highest BCUT2D eigenvalue weighted by molar-refractivity contribution is 7.99. The summed E-state index contributed by atoms with van der Waals surface area (Å²) < 4.78 is 20.2. The Morgan fingerprint density at radius 3 is 2.44 bits per heavy atom. The molecule has 11 nitrogen and oxygen atoms in total. The van der Waals surface area contributed by atoms with Crippen LogP contribution in [0.15, 0.2) is 46.8 Å². The van der Waals surface area contributed by atoms with E-state index in [9.17, 15) is 9.50 Å². The van der Waals surface area contributed by atoms with Gasteiger partial charge in [0.05, 0.1) is 36.7 Å². The van der Waals surface area contributed by atoms with Gasteiger partial charge in [-0.2, -0.15) is 4.98 Å². The van der Waals surface area contributed by atoms with E-state index in [-0.39, 0.29) is 42.8 Å². The van der Waals surface area contributed by atoms with Crippen LogP contribution < -0.4 is 20.9 Å². The van der Waals surface area contributed by atoms with Crippen molar-refractivity contribution < 1.29 is 14.2 Å². The number of piperidine rings is 2. The minimum absolute atomic E-state index is 0. The number of aliphatic hydroxyl groups is 1. The zero-order chi connectivity index (χ0) is 29.3. The van der Waals surface area contributed by atoms with E-state index in [1.54, 1.807) is 30.9 Å². The van der Waals surface area contributed by atoms with Crippen molar-refractivity contribution in [3.63, 3.8) is 0 Å². The average molecular weight is 653 g/mol. The predicted molar refractivity (Wildman–Crippen MR) is 168 cm³/mol. The van der Waals surface area contributed by atoms with Gasteiger partial charge < -0.3 is 30.7 Å². The molecule has 3 aliphatic rings. The summed E-state index contributed by atoms with van der Waals surface area (Å²) in [5, 5.41) is 13.6. The van der Waals surface area contributed by atoms with E-state index in [2.05, 4.69) is 42.1 Å². The van der Waals surface area contributed by atoms with Crippen molar-refractivity contribution in [3.05, 3.63) is 41.9 Å². The Labute approximate surface area is 265 Å². The number of hydrogen-bond acceptors (Lipinski definition) is 12. The second kappa shape index (κ2) is 13.2. The van der Waals surface area contributed by atoms with Crippen molar-refractivity contribution in [1.29, 1.82) is 0 Å². The Kier molecular flexibility index (Phi) is 9.79. The number of nitrogens with two attached hydrogens (primary N) is 1. The number of rotatable bonds is 7. The number of nitrogens with one attached hydrogen (secondary N) is 1. The van der Waals surface area contributed by atoms with Gasteiger partial charge in [0.1, 0.15) is 22.3 Å². The number of pyridine rings is 1. The first-order valence-electron chi connectivity index (χ1n) is 14.2. The summed E-state index contributed by atoms with van der Waals surface area (Å²) in [6, 6.07) is 3.62. The first-order valence-corrected chi connectivity index (χ1v) is 15.4. The van der Waals surface area contributed by atoms with Crippen LogP contribution in [0, 0.1) is 5.41 Å². The molecule has 0 amide bonds. The lowest BCUT2D eigenvalue weighted by Crippen LogP contribution is -2.50. The summed E-state index contributed by atoms with van der Waals surface area (Å²) >= 11 is 8.14. The van der Waals surface area contributed by atoms with Crippen LogP contribution in [0.25, 0.3) is 0 Å². The highest BCUT2D eigenvalue weighted by Crippen LogP contribution is 2.42. The summed E-state index contributed by atoms with van der Waals surface area (Å²) in [7, 11) is 0. The highest BCUT2D eigenvalue weighted by Gasteiger charge is 2.47. The fraction of sp³-hybridized carbons (Fsp3) is 0.536. The van der Waals surface area contributed by atoms with Crippen molar-refractivity contribution in [1.82, 2.24) is 24.9 Å². The largest absolute Gasteiger partial charge is 0.393 e. The normalized spacial score (nSPS) is 22.8. The second-order valence-corrected chi connectivity index (χ2v) is 12.8. The lowest BCUT2D eigenvalue weighted by Gasteiger charge is -2.41. The molecule has 3 aromatic heterocycles. The molecule has 0 unspecified atom stereocenters. The minimum atomic E-state index is -1.54. The SMILES string of the molecule is C[C@@H]1OCC2(CCN(c3cnc(Sc4ccnc(Nc5ccnc(N6CCC(F)(CO)CC6)n5)c4Cl)cn3)CC2)[C@@H]1N.Cl. The van der Waals surface area contributed by atoms with Crippen LogP contribution in [0.3, 0.4) is 0 Å². The lowest BCUT2D eigenvalue weighted by atomic mass is 9.73. The van der Waals surface area contributed by atoms with E-state index in [1.807, 2.05) is 11.0 Å². The molecule has 15 heteroatoms. The van der Waals surface area contributed by atoms with Gasteiger partial charge in [-0.15, -0.1) is 12.4 Å². The van der Waals surface area contributed by atoms with Crippen LogP contribution >= 0.6 is 35.8 Å². The molecule has 232 valence electrons. The first-order chi connectivity index (χ1) is 20.3. The Morgan fingerprint density at radius 2 is 1.79 bits per heavy atom. The van der Waals surface area contributed by atoms with Gasteiger partial charge in [-0.25, -0.2) is 24.3 Å². The number of halogens is 3. The molecule has 0 bridgehead atoms. The molecular formula is C28H36Cl2FN9O2S. The van der Waals surface area contributed by atoms with Gasteiger partial charge >= 0.3 is 0 Å². The van der Waals surface area contributed by atoms with Gasteiger partial charge in [-0.1, -0.05) is 23.4 Å². The lowest BCUT2D eigenvalue weighted by molar-refractivity contribution is 0.0479. The van der Waals surface area contributed by atoms with Crippen molar-refractivity contribution >= 4 is 59.2 Å². The summed E-state index contributed by atoms with van der Waals surface area (Å²) in [6.07, 6.45) is 9.39. The zero-order valence-corrected chi connectivity index (χ0v) is 26.2. The van der Waals surface area contributed by atoms with Crippen LogP contribution in [0.2, 0.25) is 5.02 Å². The smallest absolute Gasteiger partial charge is 0.227 e. The van der Waals surface area contributed by atoms with Crippen molar-refractivity contribution in [2.24, 2.45) is 11.1 Å². The van der Waals surface area contributed by atoms with E-state index in [4.69, 9.17) is 22.1 Å². The number of alkyl halides is 1. The molecule has 3 fully saturated rings. The zero-order valence-electron chi connectivity index (χ0n) is 23.8. The summed E-state index contributed by atoms with van der Waals surface area (Å²) in [5.41, 5.74) is 4.98. The number of aliphatic hydroxyl groups excluding tert-OH is 1. The van der Waals surface area contributed by atoms with Crippen LogP contribution in [0.5, 0.6) is 0 Å². The maximum absolute atomic E-state index is 14.4. The number of ether oxygens (including phenoxy) is 1. The molecule has 6 rings (SSSR count). The molecule has 4 N–H and O–H groups in total. The van der Waals surface area contributed by atoms with E-state index in [0.717, 1.165) is 43.3 Å². The molecule has 3 saturated heterocycles. The Balaban J connectivity index is 0.00000368. The second-order valence-electron chi connectivity index (χ2n) is 11.3. The molecule has 3 aliphatic heterocycles. The quantitative estimate of drug-likeness (QED) is 0.336. The van der Waals surface area contributed by atoms with Gasteiger partial charge in [0.2, 0.25) is 5.95 Å². The molecule has 2 atom stereocenters. The monoisotopic (exact) mass is 651 g/mol. The Hall–Kier alpha value is -2.55. The van der Waals surface area contributed by atoms with E-state index < -0.39 is 12.3 Å². The fourth-order valence-corrected chi connectivity index (χ4v) is 6.87. The molecule has 0 saturated carbocycles. The van der Waals surface area contributed by atoms with Crippen molar-refractivity contribution in [2.75, 3.05) is 54.5 Å². The minimum Gasteiger partial charge on any atom is -0.393 e. The average Bonchev–Trinajstić information content (AvgIpc) is 3.29. The molecular weight excluding hydrogens is 616 g/mol. The number of hydrogen-bond donors (Lipinski definition) is 3. The molecule has 6 heterocycles. The molecule has 1 spiro atoms. The van der Waals surface area contributed by atoms with Crippen LogP contribution in [0.1, 0.15) is 32.6 Å². The van der Waals surface area contributed by atoms with Gasteiger partial charge in [0.25, 0.3) is 0 Å². The molecule has 0 aromatic carbocycles. The van der Waals surface area contributed by atoms with E-state index in [1.165, 1.54) is 11.8 Å². The number of nitrogens with zero attached hydrogens (tertiary/aromatic N) is 7. The third kappa shape index (κ3) is 6.76. The Bertz CT molecular complexity index is 1390. The highest BCUT2D eigenvalue weighted by atomic mass is 35.5. The molecule has 0 radical (unpaired) electrons. The predicted octanol–water partition coefficient (Wildman–Crippen LogP) is 4.27. The summed E-state index contributed by atoms with van der Waals surface area (Å²) in [5.74, 6) is 2.29. The topological polar surface area (TPSA) is 138 Å². The van der Waals surface area contributed by atoms with E-state index in [0.29, 0.717) is 40.7 Å². The molecule has 43 heavy (non-hydrogen) atoms. The van der Waals surface area contributed by atoms with Gasteiger partial charge in [-0.05, 0) is 31.9 Å². The standard InChI is InChI=1S/C28H35ClFN9O2S.ClH/c1-18-24(31)27(17-41-18)4-10-38(11-5-27)21-14-35-22(15-34-21)42-19-2-8-32-25(23(19)29)36-20-3-9-33-26(37-20)39-12-6-28(30,16-40)7-13-39;/h2-3,8-9,14-15,18,24,40H,4-7,10-13,16-17,31H2,1H3,(H,32,33,36,37);1H/t18-,24+;/m0./s1. The molecule has 3 aromatic rings. The third-order valence-electron chi connectivity index (χ3n) is 8.73. The molecule has 0 aliphatic carbocycles. The van der Waals surface area contributed by atoms with E-state index >= 15 is 0 Å². The number of anilines is 4. The summed E-state index contributed by atoms with van der Waals surface area (Å²) in [4.78, 5) is 27.6.